The maximum Gasteiger partial charge on any atom is 0.194 e. The van der Waals surface area contributed by atoms with Crippen LogP contribution in [0.4, 0.5) is 5.69 Å². The molecular weight excluding hydrogens is 521 g/mol. The Labute approximate surface area is 205 Å². The van der Waals surface area contributed by atoms with E-state index in [0.29, 0.717) is 6.54 Å². The second-order valence-corrected chi connectivity index (χ2v) is 8.64. The molecule has 0 bridgehead atoms. The first-order chi connectivity index (χ1) is 14.6. The maximum atomic E-state index is 4.90. The molecule has 3 aromatic rings. The first-order valence-electron chi connectivity index (χ1n) is 10.3. The number of guanidine groups is 1. The van der Waals surface area contributed by atoms with Gasteiger partial charge in [0, 0.05) is 43.8 Å². The molecule has 1 aliphatic rings. The SMILES string of the molecule is Cc1cccc(N2CCN(C(=NCc3nnc(C)n3C)NCc3cccs3)CC2)c1.I. The lowest BCUT2D eigenvalue weighted by Gasteiger charge is -2.38. The predicted octanol–water partition coefficient (Wildman–Crippen LogP) is 3.58. The second-order valence-electron chi connectivity index (χ2n) is 7.61. The second kappa shape index (κ2) is 10.9. The van der Waals surface area contributed by atoms with Crippen LogP contribution in [0, 0.1) is 13.8 Å². The molecule has 0 unspecified atom stereocenters. The van der Waals surface area contributed by atoms with E-state index in [4.69, 9.17) is 4.99 Å². The summed E-state index contributed by atoms with van der Waals surface area (Å²) in [5, 5.41) is 14.1. The molecule has 9 heteroatoms. The fourth-order valence-electron chi connectivity index (χ4n) is 3.58. The largest absolute Gasteiger partial charge is 0.368 e. The van der Waals surface area contributed by atoms with E-state index in [2.05, 4.69) is 74.0 Å². The monoisotopic (exact) mass is 551 g/mol. The lowest BCUT2D eigenvalue weighted by atomic mass is 10.2. The number of nitrogens with zero attached hydrogens (tertiary/aromatic N) is 6. The van der Waals surface area contributed by atoms with E-state index >= 15 is 0 Å². The molecule has 0 aliphatic carbocycles. The van der Waals surface area contributed by atoms with Gasteiger partial charge in [-0.1, -0.05) is 18.2 Å². The molecule has 1 N–H and O–H groups in total. The Morgan fingerprint density at radius 3 is 2.55 bits per heavy atom. The van der Waals surface area contributed by atoms with E-state index in [9.17, 15) is 0 Å². The third-order valence-corrected chi connectivity index (χ3v) is 6.38. The van der Waals surface area contributed by atoms with Gasteiger partial charge in [-0.15, -0.1) is 45.5 Å². The summed E-state index contributed by atoms with van der Waals surface area (Å²) in [6.45, 7) is 9.23. The van der Waals surface area contributed by atoms with Crippen molar-refractivity contribution in [3.63, 3.8) is 0 Å². The van der Waals surface area contributed by atoms with Crippen molar-refractivity contribution in [1.82, 2.24) is 25.0 Å². The standard InChI is InChI=1S/C22H29N7S.HI/c1-17-6-4-7-19(14-17)28-9-11-29(12-10-28)22(23-15-20-8-5-13-30-20)24-16-21-26-25-18(2)27(21)3;/h4-8,13-14H,9-12,15-16H2,1-3H3,(H,23,24);1H. The van der Waals surface area contributed by atoms with Crippen molar-refractivity contribution >= 4 is 47.0 Å². The van der Waals surface area contributed by atoms with E-state index < -0.39 is 0 Å². The molecule has 2 aromatic heterocycles. The Hall–Kier alpha value is -2.14. The molecule has 0 radical (unpaired) electrons. The molecule has 3 heterocycles. The third kappa shape index (κ3) is 5.97. The van der Waals surface area contributed by atoms with Crippen molar-refractivity contribution < 1.29 is 0 Å². The van der Waals surface area contributed by atoms with E-state index in [1.807, 2.05) is 18.5 Å². The van der Waals surface area contributed by atoms with Crippen LogP contribution in [-0.4, -0.2) is 51.8 Å². The Kier molecular flexibility index (Phi) is 8.30. The highest BCUT2D eigenvalue weighted by Crippen LogP contribution is 2.18. The number of halogens is 1. The molecule has 1 aromatic carbocycles. The van der Waals surface area contributed by atoms with Gasteiger partial charge in [0.25, 0.3) is 0 Å². The minimum Gasteiger partial charge on any atom is -0.368 e. The minimum absolute atomic E-state index is 0. The quantitative estimate of drug-likeness (QED) is 0.299. The number of benzene rings is 1. The van der Waals surface area contributed by atoms with Gasteiger partial charge in [0.05, 0.1) is 6.54 Å². The van der Waals surface area contributed by atoms with Gasteiger partial charge in [-0.3, -0.25) is 0 Å². The Morgan fingerprint density at radius 1 is 1.10 bits per heavy atom. The number of piperazine rings is 1. The van der Waals surface area contributed by atoms with Crippen molar-refractivity contribution in [2.75, 3.05) is 31.1 Å². The van der Waals surface area contributed by atoms with Gasteiger partial charge in [-0.25, -0.2) is 4.99 Å². The highest BCUT2D eigenvalue weighted by molar-refractivity contribution is 14.0. The van der Waals surface area contributed by atoms with Gasteiger partial charge in [-0.2, -0.15) is 0 Å². The van der Waals surface area contributed by atoms with E-state index in [1.54, 1.807) is 11.3 Å². The van der Waals surface area contributed by atoms with Crippen LogP contribution < -0.4 is 10.2 Å². The molecule has 0 saturated carbocycles. The number of aryl methyl sites for hydroxylation is 2. The maximum absolute atomic E-state index is 4.90. The number of rotatable bonds is 5. The highest BCUT2D eigenvalue weighted by Gasteiger charge is 2.20. The summed E-state index contributed by atoms with van der Waals surface area (Å²) < 4.78 is 2.00. The van der Waals surface area contributed by atoms with Crippen LogP contribution in [0.2, 0.25) is 0 Å². The zero-order chi connectivity index (χ0) is 20.9. The highest BCUT2D eigenvalue weighted by atomic mass is 127. The topological polar surface area (TPSA) is 61.6 Å². The number of hydrogen-bond donors (Lipinski definition) is 1. The lowest BCUT2D eigenvalue weighted by molar-refractivity contribution is 0.371. The van der Waals surface area contributed by atoms with Gasteiger partial charge >= 0.3 is 0 Å². The molecule has 31 heavy (non-hydrogen) atoms. The summed E-state index contributed by atoms with van der Waals surface area (Å²) in [5.74, 6) is 2.72. The van der Waals surface area contributed by atoms with Crippen LogP contribution in [0.15, 0.2) is 46.8 Å². The normalized spacial score (nSPS) is 14.5. The number of aliphatic imine (C=N–C) groups is 1. The third-order valence-electron chi connectivity index (χ3n) is 5.50. The van der Waals surface area contributed by atoms with Gasteiger partial charge < -0.3 is 19.7 Å². The predicted molar refractivity (Wildman–Crippen MR) is 138 cm³/mol. The molecule has 0 spiro atoms. The number of nitrogens with one attached hydrogen (secondary N) is 1. The van der Waals surface area contributed by atoms with Crippen molar-refractivity contribution in [2.45, 2.75) is 26.9 Å². The van der Waals surface area contributed by atoms with Crippen molar-refractivity contribution in [2.24, 2.45) is 12.0 Å². The van der Waals surface area contributed by atoms with Crippen LogP contribution in [0.25, 0.3) is 0 Å². The van der Waals surface area contributed by atoms with Gasteiger partial charge in [-0.05, 0) is 43.0 Å². The summed E-state index contributed by atoms with van der Waals surface area (Å²) in [5.41, 5.74) is 2.60. The van der Waals surface area contributed by atoms with Crippen LogP contribution in [0.1, 0.15) is 22.1 Å². The van der Waals surface area contributed by atoms with E-state index in [1.165, 1.54) is 16.1 Å². The molecular formula is C22H30IN7S. The van der Waals surface area contributed by atoms with Crippen LogP contribution in [-0.2, 0) is 20.1 Å². The molecule has 1 fully saturated rings. The molecule has 7 nitrogen and oxygen atoms in total. The summed E-state index contributed by atoms with van der Waals surface area (Å²) in [4.78, 5) is 11.0. The molecule has 0 atom stereocenters. The summed E-state index contributed by atoms with van der Waals surface area (Å²) in [6, 6.07) is 13.0. The number of anilines is 1. The van der Waals surface area contributed by atoms with Crippen LogP contribution >= 0.6 is 35.3 Å². The first kappa shape index (κ1) is 23.5. The number of thiophene rings is 1. The average Bonchev–Trinajstić information content (AvgIpc) is 3.39. The van der Waals surface area contributed by atoms with E-state index in [0.717, 1.165) is 50.3 Å². The van der Waals surface area contributed by atoms with Gasteiger partial charge in [0.1, 0.15) is 12.4 Å². The first-order valence-corrected chi connectivity index (χ1v) is 11.2. The van der Waals surface area contributed by atoms with Gasteiger partial charge in [0.15, 0.2) is 11.8 Å². The molecule has 0 amide bonds. The number of hydrogen-bond acceptors (Lipinski definition) is 5. The summed E-state index contributed by atoms with van der Waals surface area (Å²) in [7, 11) is 1.99. The molecule has 1 aliphatic heterocycles. The summed E-state index contributed by atoms with van der Waals surface area (Å²) >= 11 is 1.76. The fraction of sp³-hybridized carbons (Fsp3) is 0.409. The summed E-state index contributed by atoms with van der Waals surface area (Å²) in [6.07, 6.45) is 0. The molecule has 4 rings (SSSR count). The minimum atomic E-state index is 0. The van der Waals surface area contributed by atoms with Crippen molar-refractivity contribution in [3.05, 3.63) is 63.9 Å². The Morgan fingerprint density at radius 2 is 1.90 bits per heavy atom. The van der Waals surface area contributed by atoms with Crippen molar-refractivity contribution in [3.8, 4) is 0 Å². The van der Waals surface area contributed by atoms with E-state index in [-0.39, 0.29) is 24.0 Å². The van der Waals surface area contributed by atoms with Crippen molar-refractivity contribution in [1.29, 1.82) is 0 Å². The zero-order valence-electron chi connectivity index (χ0n) is 18.3. The lowest BCUT2D eigenvalue weighted by Crippen LogP contribution is -2.52. The average molecular weight is 552 g/mol. The molecule has 166 valence electrons. The molecule has 1 saturated heterocycles. The number of aromatic nitrogens is 3. The van der Waals surface area contributed by atoms with Crippen LogP contribution in [0.5, 0.6) is 0 Å². The fourth-order valence-corrected chi connectivity index (χ4v) is 4.23. The Bertz CT molecular complexity index is 991. The van der Waals surface area contributed by atoms with Crippen LogP contribution in [0.3, 0.4) is 0 Å². The Balaban J connectivity index is 0.00000272. The van der Waals surface area contributed by atoms with Gasteiger partial charge in [0.2, 0.25) is 0 Å². The smallest absolute Gasteiger partial charge is 0.194 e. The zero-order valence-corrected chi connectivity index (χ0v) is 21.4.